The topological polar surface area (TPSA) is 59.2 Å². The zero-order valence-electron chi connectivity index (χ0n) is 16.0. The third-order valence-corrected chi connectivity index (χ3v) is 5.00. The Morgan fingerprint density at radius 1 is 1.23 bits per heavy atom. The highest BCUT2D eigenvalue weighted by atomic mass is 35.5. The molecule has 0 atom stereocenters. The van der Waals surface area contributed by atoms with Crippen LogP contribution in [0.1, 0.15) is 49.7 Å². The fourth-order valence-corrected chi connectivity index (χ4v) is 3.29. The molecular weight excluding hydrogens is 389 g/mol. The summed E-state index contributed by atoms with van der Waals surface area (Å²) in [6.07, 6.45) is 0. The average molecular weight is 418 g/mol. The van der Waals surface area contributed by atoms with Gasteiger partial charge in [0.2, 0.25) is 0 Å². The number of nitrogens with zero attached hydrogens (tertiary/aromatic N) is 2. The summed E-state index contributed by atoms with van der Waals surface area (Å²) >= 11 is 1.50. The van der Waals surface area contributed by atoms with Crippen molar-refractivity contribution in [3.8, 4) is 10.6 Å². The molecule has 0 spiro atoms. The second kappa shape index (κ2) is 10.3. The molecule has 0 saturated heterocycles. The molecule has 26 heavy (non-hydrogen) atoms. The minimum Gasteiger partial charge on any atom is -0.340 e. The van der Waals surface area contributed by atoms with Crippen LogP contribution in [0.4, 0.5) is 0 Å². The number of carbonyl (C=O) groups excluding carboxylic acids is 1. The van der Waals surface area contributed by atoms with Gasteiger partial charge in [0.25, 0.3) is 5.91 Å². The molecule has 0 aliphatic heterocycles. The van der Waals surface area contributed by atoms with E-state index < -0.39 is 0 Å². The van der Waals surface area contributed by atoms with Crippen LogP contribution < -0.4 is 5.73 Å². The Balaban J connectivity index is 0.00000312. The van der Waals surface area contributed by atoms with E-state index in [-0.39, 0.29) is 36.1 Å². The van der Waals surface area contributed by atoms with Crippen molar-refractivity contribution in [1.82, 2.24) is 9.88 Å². The van der Waals surface area contributed by atoms with Gasteiger partial charge in [0.1, 0.15) is 10.7 Å². The monoisotopic (exact) mass is 417 g/mol. The Morgan fingerprint density at radius 2 is 1.81 bits per heavy atom. The van der Waals surface area contributed by atoms with Gasteiger partial charge in [-0.1, -0.05) is 52.0 Å². The first-order chi connectivity index (χ1) is 11.2. The number of carbonyl (C=O) groups is 1. The zero-order valence-corrected chi connectivity index (χ0v) is 18.4. The van der Waals surface area contributed by atoms with E-state index in [0.717, 1.165) is 10.6 Å². The maximum atomic E-state index is 12.6. The summed E-state index contributed by atoms with van der Waals surface area (Å²) < 4.78 is 0. The average Bonchev–Trinajstić information content (AvgIpc) is 3.03. The van der Waals surface area contributed by atoms with Crippen molar-refractivity contribution in [3.05, 3.63) is 40.9 Å². The highest BCUT2D eigenvalue weighted by Gasteiger charge is 2.23. The fraction of sp³-hybridized carbons (Fsp3) is 0.474. The van der Waals surface area contributed by atoms with E-state index in [9.17, 15) is 4.79 Å². The second-order valence-electron chi connectivity index (χ2n) is 7.34. The van der Waals surface area contributed by atoms with E-state index in [2.05, 4.69) is 56.9 Å². The zero-order chi connectivity index (χ0) is 17.9. The minimum absolute atomic E-state index is 0. The smallest absolute Gasteiger partial charge is 0.273 e. The van der Waals surface area contributed by atoms with Crippen molar-refractivity contribution in [2.45, 2.75) is 33.6 Å². The van der Waals surface area contributed by atoms with Gasteiger partial charge < -0.3 is 10.6 Å². The third kappa shape index (κ3) is 6.23. The molecule has 2 N–H and O–H groups in total. The minimum atomic E-state index is -0.101. The van der Waals surface area contributed by atoms with Gasteiger partial charge in [0.05, 0.1) is 0 Å². The molecule has 146 valence electrons. The molecule has 7 heteroatoms. The van der Waals surface area contributed by atoms with Gasteiger partial charge in [0.15, 0.2) is 0 Å². The van der Waals surface area contributed by atoms with Crippen LogP contribution >= 0.6 is 36.2 Å². The first-order valence-corrected chi connectivity index (χ1v) is 9.13. The van der Waals surface area contributed by atoms with Crippen molar-refractivity contribution in [2.75, 3.05) is 20.1 Å². The van der Waals surface area contributed by atoms with E-state index >= 15 is 0 Å². The van der Waals surface area contributed by atoms with Crippen molar-refractivity contribution < 1.29 is 4.79 Å². The lowest BCUT2D eigenvalue weighted by atomic mass is 9.93. The number of benzene rings is 1. The Labute approximate surface area is 173 Å². The SMILES string of the molecule is CC(C)c1ccc(-c2nc(C(=O)N(C)CC(C)(C)CN)cs2)cc1.Cl.Cl. The third-order valence-electron chi connectivity index (χ3n) is 4.11. The van der Waals surface area contributed by atoms with Crippen LogP contribution in [0.15, 0.2) is 29.6 Å². The molecule has 0 radical (unpaired) electrons. The lowest BCUT2D eigenvalue weighted by Crippen LogP contribution is -2.39. The van der Waals surface area contributed by atoms with Gasteiger partial charge in [-0.3, -0.25) is 4.79 Å². The van der Waals surface area contributed by atoms with Gasteiger partial charge in [-0.25, -0.2) is 4.98 Å². The molecule has 0 aliphatic carbocycles. The molecule has 0 unspecified atom stereocenters. The number of amides is 1. The second-order valence-corrected chi connectivity index (χ2v) is 8.20. The Morgan fingerprint density at radius 3 is 2.31 bits per heavy atom. The number of nitrogens with two attached hydrogens (primary N) is 1. The predicted octanol–water partition coefficient (Wildman–Crippen LogP) is 4.83. The van der Waals surface area contributed by atoms with Crippen LogP contribution in [-0.2, 0) is 0 Å². The first-order valence-electron chi connectivity index (χ1n) is 8.25. The van der Waals surface area contributed by atoms with Crippen LogP contribution in [0, 0.1) is 5.41 Å². The van der Waals surface area contributed by atoms with E-state index in [1.54, 1.807) is 11.9 Å². The van der Waals surface area contributed by atoms with Gasteiger partial charge in [-0.05, 0) is 23.4 Å². The summed E-state index contributed by atoms with van der Waals surface area (Å²) in [4.78, 5) is 18.8. The first kappa shape index (κ1) is 24.9. The van der Waals surface area contributed by atoms with Crippen LogP contribution in [0.3, 0.4) is 0 Å². The van der Waals surface area contributed by atoms with Gasteiger partial charge in [-0.15, -0.1) is 36.2 Å². The molecule has 4 nitrogen and oxygen atoms in total. The number of hydrogen-bond acceptors (Lipinski definition) is 4. The van der Waals surface area contributed by atoms with Crippen LogP contribution in [0.25, 0.3) is 10.6 Å². The molecule has 1 heterocycles. The largest absolute Gasteiger partial charge is 0.340 e. The molecule has 1 amide bonds. The summed E-state index contributed by atoms with van der Waals surface area (Å²) in [6, 6.07) is 8.39. The quantitative estimate of drug-likeness (QED) is 0.731. The maximum Gasteiger partial charge on any atom is 0.273 e. The molecule has 0 saturated carbocycles. The Hall–Kier alpha value is -1.14. The van der Waals surface area contributed by atoms with E-state index in [1.165, 1.54) is 16.9 Å². The van der Waals surface area contributed by atoms with E-state index in [4.69, 9.17) is 5.73 Å². The molecular formula is C19H29Cl2N3OS. The molecule has 2 rings (SSSR count). The molecule has 1 aromatic heterocycles. The van der Waals surface area contributed by atoms with Gasteiger partial charge in [-0.2, -0.15) is 0 Å². The highest BCUT2D eigenvalue weighted by Crippen LogP contribution is 2.26. The van der Waals surface area contributed by atoms with Crippen LogP contribution in [0.5, 0.6) is 0 Å². The fourth-order valence-electron chi connectivity index (χ4n) is 2.49. The summed E-state index contributed by atoms with van der Waals surface area (Å²) in [5.41, 5.74) is 8.50. The summed E-state index contributed by atoms with van der Waals surface area (Å²) in [6.45, 7) is 9.61. The molecule has 0 aliphatic rings. The molecule has 0 fully saturated rings. The van der Waals surface area contributed by atoms with Crippen molar-refractivity contribution >= 4 is 42.1 Å². The van der Waals surface area contributed by atoms with E-state index in [0.29, 0.717) is 24.7 Å². The van der Waals surface area contributed by atoms with Crippen LogP contribution in [0.2, 0.25) is 0 Å². The summed E-state index contributed by atoms with van der Waals surface area (Å²) in [5, 5.41) is 2.71. The highest BCUT2D eigenvalue weighted by molar-refractivity contribution is 7.13. The van der Waals surface area contributed by atoms with Crippen molar-refractivity contribution in [1.29, 1.82) is 0 Å². The Bertz CT molecular complexity index is 699. The number of aromatic nitrogens is 1. The van der Waals surface area contributed by atoms with Crippen molar-refractivity contribution in [3.63, 3.8) is 0 Å². The van der Waals surface area contributed by atoms with Gasteiger partial charge in [0, 0.05) is 24.5 Å². The number of hydrogen-bond donors (Lipinski definition) is 1. The summed E-state index contributed by atoms with van der Waals surface area (Å²) in [5.74, 6) is 0.449. The molecule has 1 aromatic carbocycles. The Kier molecular flexibility index (Phi) is 9.81. The molecule has 2 aromatic rings. The van der Waals surface area contributed by atoms with Gasteiger partial charge >= 0.3 is 0 Å². The van der Waals surface area contributed by atoms with Crippen LogP contribution in [-0.4, -0.2) is 35.9 Å². The number of rotatable bonds is 6. The summed E-state index contributed by atoms with van der Waals surface area (Å²) in [7, 11) is 1.80. The normalized spacial score (nSPS) is 10.9. The molecule has 0 bridgehead atoms. The van der Waals surface area contributed by atoms with Crippen molar-refractivity contribution in [2.24, 2.45) is 11.1 Å². The number of halogens is 2. The maximum absolute atomic E-state index is 12.6. The number of thiazole rings is 1. The lowest BCUT2D eigenvalue weighted by molar-refractivity contribution is 0.0735. The predicted molar refractivity (Wildman–Crippen MR) is 116 cm³/mol. The standard InChI is InChI=1S/C19H27N3OS.2ClH/c1-13(2)14-6-8-15(9-7-14)17-21-16(10-24-17)18(23)22(5)12-19(3,4)11-20;;/h6-10,13H,11-12,20H2,1-5H3;2*1H. The lowest BCUT2D eigenvalue weighted by Gasteiger charge is -2.28. The van der Waals surface area contributed by atoms with E-state index in [1.807, 2.05) is 5.38 Å².